The van der Waals surface area contributed by atoms with Crippen molar-refractivity contribution in [2.24, 2.45) is 0 Å². The minimum atomic E-state index is 0.507. The standard InChI is InChI=1S/C22H23N5O2S/c1-5-28-19-10-7-17(8-11-19)21-23-20(29-26-21)13-30-22-25-24-16(4)27(22)18-9-6-14(2)15(3)12-18/h6-12H,5,13H2,1-4H3. The molecule has 7 nitrogen and oxygen atoms in total. The van der Waals surface area contributed by atoms with Crippen molar-refractivity contribution in [3.8, 4) is 22.8 Å². The van der Waals surface area contributed by atoms with Gasteiger partial charge in [0.05, 0.1) is 12.4 Å². The molecule has 0 saturated carbocycles. The van der Waals surface area contributed by atoms with E-state index in [0.717, 1.165) is 28.0 Å². The van der Waals surface area contributed by atoms with Crippen molar-refractivity contribution in [1.82, 2.24) is 24.9 Å². The second-order valence-electron chi connectivity index (χ2n) is 6.89. The third kappa shape index (κ3) is 4.23. The second kappa shape index (κ2) is 8.71. The molecular weight excluding hydrogens is 398 g/mol. The number of aromatic nitrogens is 5. The van der Waals surface area contributed by atoms with Crippen molar-refractivity contribution < 1.29 is 9.26 Å². The van der Waals surface area contributed by atoms with Crippen LogP contribution in [-0.4, -0.2) is 31.5 Å². The van der Waals surface area contributed by atoms with E-state index in [2.05, 4.69) is 52.4 Å². The highest BCUT2D eigenvalue weighted by molar-refractivity contribution is 7.98. The maximum absolute atomic E-state index is 5.47. The SMILES string of the molecule is CCOc1ccc(-c2noc(CSc3nnc(C)n3-c3ccc(C)c(C)c3)n2)cc1. The molecule has 0 fully saturated rings. The highest BCUT2D eigenvalue weighted by atomic mass is 32.2. The van der Waals surface area contributed by atoms with Gasteiger partial charge in [0.15, 0.2) is 5.16 Å². The van der Waals surface area contributed by atoms with E-state index in [0.29, 0.717) is 24.1 Å². The average Bonchev–Trinajstić information content (AvgIpc) is 3.36. The first-order valence-electron chi connectivity index (χ1n) is 9.73. The molecule has 0 radical (unpaired) electrons. The van der Waals surface area contributed by atoms with Crippen LogP contribution in [0.4, 0.5) is 0 Å². The summed E-state index contributed by atoms with van der Waals surface area (Å²) in [7, 11) is 0. The summed E-state index contributed by atoms with van der Waals surface area (Å²) in [5.74, 6) is 3.26. The van der Waals surface area contributed by atoms with Crippen molar-refractivity contribution in [2.75, 3.05) is 6.61 Å². The monoisotopic (exact) mass is 421 g/mol. The van der Waals surface area contributed by atoms with Crippen molar-refractivity contribution in [3.63, 3.8) is 0 Å². The molecule has 0 spiro atoms. The Hall–Kier alpha value is -3.13. The molecule has 0 unspecified atom stereocenters. The molecule has 4 aromatic rings. The number of thioether (sulfide) groups is 1. The Morgan fingerprint density at radius 3 is 2.53 bits per heavy atom. The van der Waals surface area contributed by atoms with Crippen LogP contribution in [0.3, 0.4) is 0 Å². The topological polar surface area (TPSA) is 78.9 Å². The lowest BCUT2D eigenvalue weighted by Crippen LogP contribution is -2.00. The molecule has 2 aromatic heterocycles. The van der Waals surface area contributed by atoms with E-state index in [4.69, 9.17) is 9.26 Å². The summed E-state index contributed by atoms with van der Waals surface area (Å²) >= 11 is 1.52. The van der Waals surface area contributed by atoms with Crippen LogP contribution in [0.15, 0.2) is 52.1 Å². The van der Waals surface area contributed by atoms with Crippen LogP contribution in [0.5, 0.6) is 5.75 Å². The number of rotatable bonds is 7. The van der Waals surface area contributed by atoms with E-state index in [1.54, 1.807) is 0 Å². The molecule has 0 atom stereocenters. The molecule has 8 heteroatoms. The molecule has 0 aliphatic carbocycles. The quantitative estimate of drug-likeness (QED) is 0.391. The lowest BCUT2D eigenvalue weighted by molar-refractivity contribution is 0.340. The average molecular weight is 422 g/mol. The summed E-state index contributed by atoms with van der Waals surface area (Å²) in [6, 6.07) is 14.0. The van der Waals surface area contributed by atoms with Gasteiger partial charge in [0.2, 0.25) is 11.7 Å². The molecule has 2 heterocycles. The molecule has 0 bridgehead atoms. The van der Waals surface area contributed by atoms with E-state index in [1.807, 2.05) is 42.7 Å². The fraction of sp³-hybridized carbons (Fsp3) is 0.273. The summed E-state index contributed by atoms with van der Waals surface area (Å²) in [4.78, 5) is 4.51. The Labute approximate surface area is 179 Å². The molecular formula is C22H23N5O2S. The molecule has 0 amide bonds. The van der Waals surface area contributed by atoms with Gasteiger partial charge >= 0.3 is 0 Å². The molecule has 30 heavy (non-hydrogen) atoms. The molecule has 0 N–H and O–H groups in total. The van der Waals surface area contributed by atoms with E-state index in [-0.39, 0.29) is 0 Å². The lowest BCUT2D eigenvalue weighted by atomic mass is 10.1. The van der Waals surface area contributed by atoms with Crippen LogP contribution < -0.4 is 4.74 Å². The highest BCUT2D eigenvalue weighted by Gasteiger charge is 2.15. The molecule has 0 saturated heterocycles. The summed E-state index contributed by atoms with van der Waals surface area (Å²) in [6.45, 7) is 8.75. The Bertz CT molecular complexity index is 1150. The van der Waals surface area contributed by atoms with Crippen LogP contribution >= 0.6 is 11.8 Å². The fourth-order valence-corrected chi connectivity index (χ4v) is 3.86. The molecule has 0 aliphatic rings. The predicted octanol–water partition coefficient (Wildman–Crippen LogP) is 4.93. The smallest absolute Gasteiger partial charge is 0.237 e. The van der Waals surface area contributed by atoms with E-state index in [9.17, 15) is 0 Å². The maximum Gasteiger partial charge on any atom is 0.237 e. The number of ether oxygens (including phenoxy) is 1. The second-order valence-corrected chi connectivity index (χ2v) is 7.83. The van der Waals surface area contributed by atoms with Gasteiger partial charge in [0.1, 0.15) is 11.6 Å². The maximum atomic E-state index is 5.47. The number of benzene rings is 2. The first-order valence-corrected chi connectivity index (χ1v) is 10.7. The van der Waals surface area contributed by atoms with Gasteiger partial charge in [0, 0.05) is 11.3 Å². The molecule has 154 valence electrons. The van der Waals surface area contributed by atoms with Crippen LogP contribution in [0.2, 0.25) is 0 Å². The summed E-state index contributed by atoms with van der Waals surface area (Å²) in [5.41, 5.74) is 4.41. The minimum absolute atomic E-state index is 0.507. The fourth-order valence-electron chi connectivity index (χ4n) is 3.02. The molecule has 4 rings (SSSR count). The van der Waals surface area contributed by atoms with E-state index < -0.39 is 0 Å². The van der Waals surface area contributed by atoms with Gasteiger partial charge in [-0.1, -0.05) is 23.0 Å². The van der Waals surface area contributed by atoms with Gasteiger partial charge in [-0.05, 0) is 75.2 Å². The Morgan fingerprint density at radius 2 is 1.80 bits per heavy atom. The van der Waals surface area contributed by atoms with Crippen LogP contribution in [0.25, 0.3) is 17.1 Å². The lowest BCUT2D eigenvalue weighted by Gasteiger charge is -2.10. The normalized spacial score (nSPS) is 11.1. The Morgan fingerprint density at radius 1 is 1.00 bits per heavy atom. The summed E-state index contributed by atoms with van der Waals surface area (Å²) < 4.78 is 12.9. The first kappa shape index (κ1) is 20.2. The largest absolute Gasteiger partial charge is 0.494 e. The number of aryl methyl sites for hydroxylation is 3. The number of hydrogen-bond donors (Lipinski definition) is 0. The van der Waals surface area contributed by atoms with Crippen molar-refractivity contribution in [1.29, 1.82) is 0 Å². The third-order valence-electron chi connectivity index (χ3n) is 4.76. The van der Waals surface area contributed by atoms with Gasteiger partial charge in [-0.15, -0.1) is 10.2 Å². The zero-order chi connectivity index (χ0) is 21.1. The Kier molecular flexibility index (Phi) is 5.85. The molecule has 0 aliphatic heterocycles. The van der Waals surface area contributed by atoms with Gasteiger partial charge in [-0.3, -0.25) is 4.57 Å². The van der Waals surface area contributed by atoms with Crippen molar-refractivity contribution >= 4 is 11.8 Å². The third-order valence-corrected chi connectivity index (χ3v) is 5.67. The van der Waals surface area contributed by atoms with Crippen molar-refractivity contribution in [2.45, 2.75) is 38.6 Å². The number of nitrogens with zero attached hydrogens (tertiary/aromatic N) is 5. The Balaban J connectivity index is 1.49. The van der Waals surface area contributed by atoms with E-state index in [1.165, 1.54) is 22.9 Å². The van der Waals surface area contributed by atoms with Gasteiger partial charge < -0.3 is 9.26 Å². The van der Waals surface area contributed by atoms with Crippen LogP contribution in [-0.2, 0) is 5.75 Å². The van der Waals surface area contributed by atoms with Gasteiger partial charge in [0.25, 0.3) is 0 Å². The number of hydrogen-bond acceptors (Lipinski definition) is 7. The molecule has 2 aromatic carbocycles. The van der Waals surface area contributed by atoms with Gasteiger partial charge in [-0.25, -0.2) is 0 Å². The summed E-state index contributed by atoms with van der Waals surface area (Å²) in [5, 5.41) is 13.5. The van der Waals surface area contributed by atoms with Crippen LogP contribution in [0, 0.1) is 20.8 Å². The minimum Gasteiger partial charge on any atom is -0.494 e. The van der Waals surface area contributed by atoms with Crippen molar-refractivity contribution in [3.05, 3.63) is 65.3 Å². The first-order chi connectivity index (χ1) is 14.5. The van der Waals surface area contributed by atoms with Gasteiger partial charge in [-0.2, -0.15) is 4.98 Å². The highest BCUT2D eigenvalue weighted by Crippen LogP contribution is 2.27. The zero-order valence-electron chi connectivity index (χ0n) is 17.4. The van der Waals surface area contributed by atoms with E-state index >= 15 is 0 Å². The predicted molar refractivity (Wildman–Crippen MR) is 116 cm³/mol. The summed E-state index contributed by atoms with van der Waals surface area (Å²) in [6.07, 6.45) is 0. The van der Waals surface area contributed by atoms with Crippen LogP contribution in [0.1, 0.15) is 29.8 Å². The zero-order valence-corrected chi connectivity index (χ0v) is 18.2.